The van der Waals surface area contributed by atoms with Crippen LogP contribution in [0.1, 0.15) is 17.3 Å². The zero-order chi connectivity index (χ0) is 13.0. The summed E-state index contributed by atoms with van der Waals surface area (Å²) in [7, 11) is 0. The minimum atomic E-state index is -0.0998. The van der Waals surface area contributed by atoms with Crippen LogP contribution in [-0.2, 0) is 0 Å². The fourth-order valence-electron chi connectivity index (χ4n) is 1.67. The highest BCUT2D eigenvalue weighted by Crippen LogP contribution is 2.18. The maximum absolute atomic E-state index is 12.3. The van der Waals surface area contributed by atoms with Crippen molar-refractivity contribution in [3.05, 3.63) is 48.3 Å². The van der Waals surface area contributed by atoms with Crippen LogP contribution in [0.5, 0.6) is 0 Å². The number of hydrogen-bond donors (Lipinski definition) is 1. The third kappa shape index (κ3) is 2.45. The number of benzene rings is 1. The molecule has 0 saturated carbocycles. The van der Waals surface area contributed by atoms with Gasteiger partial charge in [0, 0.05) is 17.9 Å². The largest absolute Gasteiger partial charge is 0.399 e. The minimum absolute atomic E-state index is 0.0998. The maximum Gasteiger partial charge on any atom is 0.259 e. The quantitative estimate of drug-likeness (QED) is 0.832. The molecule has 2 N–H and O–H groups in total. The highest BCUT2D eigenvalue weighted by atomic mass is 16.2. The van der Waals surface area contributed by atoms with Crippen molar-refractivity contribution in [2.45, 2.75) is 6.92 Å². The number of carbonyl (C=O) groups excluding carboxylic acids is 1. The number of carbonyl (C=O) groups is 1. The summed E-state index contributed by atoms with van der Waals surface area (Å²) < 4.78 is 0. The molecule has 2 aromatic rings. The molecule has 0 spiro atoms. The van der Waals surface area contributed by atoms with E-state index >= 15 is 0 Å². The van der Waals surface area contributed by atoms with E-state index in [0.717, 1.165) is 5.69 Å². The second kappa shape index (κ2) is 5.27. The van der Waals surface area contributed by atoms with Crippen LogP contribution in [0.3, 0.4) is 0 Å². The molecule has 2 rings (SSSR count). The van der Waals surface area contributed by atoms with Crippen LogP contribution in [0.2, 0.25) is 0 Å². The summed E-state index contributed by atoms with van der Waals surface area (Å²) in [6, 6.07) is 8.85. The highest BCUT2D eigenvalue weighted by molar-refractivity contribution is 6.05. The Kier molecular flexibility index (Phi) is 3.52. The predicted molar refractivity (Wildman–Crippen MR) is 70.2 cm³/mol. The Morgan fingerprint density at radius 2 is 1.94 bits per heavy atom. The molecule has 5 nitrogen and oxygen atoms in total. The molecule has 5 heteroatoms. The smallest absolute Gasteiger partial charge is 0.259 e. The van der Waals surface area contributed by atoms with Crippen LogP contribution in [-0.4, -0.2) is 22.6 Å². The van der Waals surface area contributed by atoms with Gasteiger partial charge in [-0.15, -0.1) is 0 Å². The number of hydrogen-bond acceptors (Lipinski definition) is 4. The van der Waals surface area contributed by atoms with Crippen LogP contribution in [0.15, 0.2) is 42.7 Å². The molecule has 1 heterocycles. The fraction of sp³-hybridized carbons (Fsp3) is 0.154. The molecule has 0 aliphatic heterocycles. The maximum atomic E-state index is 12.3. The molecular formula is C13H14N4O. The minimum Gasteiger partial charge on any atom is -0.399 e. The summed E-state index contributed by atoms with van der Waals surface area (Å²) in [5.74, 6) is -0.0998. The van der Waals surface area contributed by atoms with Gasteiger partial charge in [0.25, 0.3) is 5.91 Å². The molecular weight excluding hydrogens is 228 g/mol. The van der Waals surface area contributed by atoms with Crippen LogP contribution < -0.4 is 10.6 Å². The number of nitrogens with two attached hydrogens (primary N) is 1. The topological polar surface area (TPSA) is 72.1 Å². The first-order valence-corrected chi connectivity index (χ1v) is 5.66. The van der Waals surface area contributed by atoms with Gasteiger partial charge in [0.15, 0.2) is 0 Å². The molecule has 0 atom stereocenters. The first-order valence-electron chi connectivity index (χ1n) is 5.66. The van der Waals surface area contributed by atoms with E-state index in [1.165, 1.54) is 12.4 Å². The molecule has 1 aromatic heterocycles. The lowest BCUT2D eigenvalue weighted by Gasteiger charge is -2.20. The van der Waals surface area contributed by atoms with Gasteiger partial charge in [-0.3, -0.25) is 4.79 Å². The van der Waals surface area contributed by atoms with Crippen LogP contribution >= 0.6 is 0 Å². The highest BCUT2D eigenvalue weighted by Gasteiger charge is 2.15. The van der Waals surface area contributed by atoms with Crippen molar-refractivity contribution in [1.29, 1.82) is 0 Å². The normalized spacial score (nSPS) is 10.1. The molecule has 18 heavy (non-hydrogen) atoms. The van der Waals surface area contributed by atoms with E-state index in [4.69, 9.17) is 5.73 Å². The zero-order valence-electron chi connectivity index (χ0n) is 10.1. The number of anilines is 2. The lowest BCUT2D eigenvalue weighted by molar-refractivity contribution is 0.0988. The molecule has 0 aliphatic carbocycles. The van der Waals surface area contributed by atoms with Crippen LogP contribution in [0.25, 0.3) is 0 Å². The van der Waals surface area contributed by atoms with Crippen LogP contribution in [0, 0.1) is 0 Å². The standard InChI is InChI=1S/C13H14N4O/c1-2-17(12-5-3-11(14)4-6-12)13(18)10-7-8-15-16-9-10/h3-9H,2,14H2,1H3. The van der Waals surface area contributed by atoms with E-state index in [0.29, 0.717) is 17.8 Å². The van der Waals surface area contributed by atoms with E-state index in [2.05, 4.69) is 10.2 Å². The van der Waals surface area contributed by atoms with Gasteiger partial charge in [-0.2, -0.15) is 10.2 Å². The number of rotatable bonds is 3. The number of nitrogen functional groups attached to an aromatic ring is 1. The van der Waals surface area contributed by atoms with Gasteiger partial charge >= 0.3 is 0 Å². The number of nitrogens with zero attached hydrogens (tertiary/aromatic N) is 3. The first kappa shape index (κ1) is 12.0. The molecule has 0 radical (unpaired) electrons. The molecule has 1 aromatic carbocycles. The average Bonchev–Trinajstić information content (AvgIpc) is 2.42. The van der Waals surface area contributed by atoms with Gasteiger partial charge in [-0.05, 0) is 37.3 Å². The summed E-state index contributed by atoms with van der Waals surface area (Å²) >= 11 is 0. The van der Waals surface area contributed by atoms with Gasteiger partial charge in [-0.1, -0.05) is 0 Å². The Labute approximate surface area is 105 Å². The second-order valence-corrected chi connectivity index (χ2v) is 3.77. The number of amides is 1. The van der Waals surface area contributed by atoms with Crippen molar-refractivity contribution < 1.29 is 4.79 Å². The molecule has 0 saturated heterocycles. The summed E-state index contributed by atoms with van der Waals surface area (Å²) in [5, 5.41) is 7.37. The summed E-state index contributed by atoms with van der Waals surface area (Å²) in [6.07, 6.45) is 2.96. The Bertz CT molecular complexity index is 524. The van der Waals surface area contributed by atoms with Crippen molar-refractivity contribution in [2.24, 2.45) is 0 Å². The number of aromatic nitrogens is 2. The van der Waals surface area contributed by atoms with E-state index in [1.54, 1.807) is 23.1 Å². The van der Waals surface area contributed by atoms with E-state index in [1.807, 2.05) is 19.1 Å². The lowest BCUT2D eigenvalue weighted by atomic mass is 10.2. The average molecular weight is 242 g/mol. The van der Waals surface area contributed by atoms with Gasteiger partial charge in [0.05, 0.1) is 18.0 Å². The van der Waals surface area contributed by atoms with Crippen LogP contribution in [0.4, 0.5) is 11.4 Å². The van der Waals surface area contributed by atoms with Crippen molar-refractivity contribution in [3.8, 4) is 0 Å². The van der Waals surface area contributed by atoms with Crippen molar-refractivity contribution in [2.75, 3.05) is 17.2 Å². The lowest BCUT2D eigenvalue weighted by Crippen LogP contribution is -2.30. The van der Waals surface area contributed by atoms with Gasteiger partial charge in [-0.25, -0.2) is 0 Å². The second-order valence-electron chi connectivity index (χ2n) is 3.77. The Morgan fingerprint density at radius 3 is 2.50 bits per heavy atom. The Balaban J connectivity index is 2.29. The summed E-state index contributed by atoms with van der Waals surface area (Å²) in [4.78, 5) is 14.0. The molecule has 92 valence electrons. The fourth-order valence-corrected chi connectivity index (χ4v) is 1.67. The summed E-state index contributed by atoms with van der Waals surface area (Å²) in [5.41, 5.74) is 7.64. The zero-order valence-corrected chi connectivity index (χ0v) is 10.1. The van der Waals surface area contributed by atoms with Crippen molar-refractivity contribution in [1.82, 2.24) is 10.2 Å². The molecule has 0 bridgehead atoms. The third-order valence-electron chi connectivity index (χ3n) is 2.60. The van der Waals surface area contributed by atoms with Crippen molar-refractivity contribution in [3.63, 3.8) is 0 Å². The monoisotopic (exact) mass is 242 g/mol. The molecule has 0 aliphatic rings. The van der Waals surface area contributed by atoms with E-state index < -0.39 is 0 Å². The SMILES string of the molecule is CCN(C(=O)c1ccnnc1)c1ccc(N)cc1. The van der Waals surface area contributed by atoms with Crippen molar-refractivity contribution >= 4 is 17.3 Å². The van der Waals surface area contributed by atoms with Gasteiger partial charge in [0.2, 0.25) is 0 Å². The predicted octanol–water partition coefficient (Wildman–Crippen LogP) is 1.73. The van der Waals surface area contributed by atoms with Gasteiger partial charge in [0.1, 0.15) is 0 Å². The van der Waals surface area contributed by atoms with E-state index in [9.17, 15) is 4.79 Å². The van der Waals surface area contributed by atoms with E-state index in [-0.39, 0.29) is 5.91 Å². The molecule has 0 fully saturated rings. The summed E-state index contributed by atoms with van der Waals surface area (Å²) in [6.45, 7) is 2.49. The Morgan fingerprint density at radius 1 is 1.22 bits per heavy atom. The molecule has 0 unspecified atom stereocenters. The first-order chi connectivity index (χ1) is 8.72. The Hall–Kier alpha value is -2.43. The van der Waals surface area contributed by atoms with Gasteiger partial charge < -0.3 is 10.6 Å². The molecule has 1 amide bonds. The third-order valence-corrected chi connectivity index (χ3v) is 2.60.